The van der Waals surface area contributed by atoms with Crippen LogP contribution in [0.3, 0.4) is 0 Å². The highest BCUT2D eigenvalue weighted by Crippen LogP contribution is 2.24. The standard InChI is InChI=1S/C26H28N4O3/c1-16-6-10-22(11-7-16)30-19(4)26(18(3)28-30)27-25(31)14-21-8-12-23(13-9-21)32-15-24-17(2)29-33-20(24)5/h6-13H,14-15H2,1-5H3,(H,27,31). The molecule has 7 heteroatoms. The Bertz CT molecular complexity index is 1250. The van der Waals surface area contributed by atoms with Crippen LogP contribution in [0.25, 0.3) is 5.69 Å². The molecule has 33 heavy (non-hydrogen) atoms. The summed E-state index contributed by atoms with van der Waals surface area (Å²) < 4.78 is 12.9. The Morgan fingerprint density at radius 1 is 0.970 bits per heavy atom. The topological polar surface area (TPSA) is 82.2 Å². The maximum atomic E-state index is 12.7. The van der Waals surface area contributed by atoms with Crippen LogP contribution in [-0.4, -0.2) is 20.8 Å². The van der Waals surface area contributed by atoms with Gasteiger partial charge in [-0.05, 0) is 64.4 Å². The minimum atomic E-state index is -0.0888. The average molecular weight is 445 g/mol. The van der Waals surface area contributed by atoms with E-state index < -0.39 is 0 Å². The van der Waals surface area contributed by atoms with Gasteiger partial charge in [0.25, 0.3) is 0 Å². The first-order chi connectivity index (χ1) is 15.8. The highest BCUT2D eigenvalue weighted by atomic mass is 16.5. The summed E-state index contributed by atoms with van der Waals surface area (Å²) in [5.41, 5.74) is 7.27. The predicted molar refractivity (Wildman–Crippen MR) is 127 cm³/mol. The fourth-order valence-corrected chi connectivity index (χ4v) is 3.70. The van der Waals surface area contributed by atoms with Crippen molar-refractivity contribution in [1.82, 2.24) is 14.9 Å². The lowest BCUT2D eigenvalue weighted by Crippen LogP contribution is -2.15. The molecule has 0 bridgehead atoms. The molecule has 4 rings (SSSR count). The lowest BCUT2D eigenvalue weighted by Gasteiger charge is -2.09. The van der Waals surface area contributed by atoms with Crippen molar-refractivity contribution in [3.8, 4) is 11.4 Å². The highest BCUT2D eigenvalue weighted by Gasteiger charge is 2.16. The van der Waals surface area contributed by atoms with E-state index in [2.05, 4.69) is 15.6 Å². The smallest absolute Gasteiger partial charge is 0.228 e. The van der Waals surface area contributed by atoms with Crippen molar-refractivity contribution in [2.24, 2.45) is 0 Å². The molecule has 2 aromatic carbocycles. The van der Waals surface area contributed by atoms with E-state index in [4.69, 9.17) is 9.26 Å². The Labute approximate surface area is 193 Å². The molecule has 0 saturated heterocycles. The van der Waals surface area contributed by atoms with Gasteiger partial charge in [-0.2, -0.15) is 5.10 Å². The van der Waals surface area contributed by atoms with E-state index in [1.165, 1.54) is 5.56 Å². The molecule has 170 valence electrons. The van der Waals surface area contributed by atoms with Gasteiger partial charge in [0.05, 0.1) is 40.4 Å². The minimum Gasteiger partial charge on any atom is -0.489 e. The van der Waals surface area contributed by atoms with Gasteiger partial charge in [-0.25, -0.2) is 4.68 Å². The summed E-state index contributed by atoms with van der Waals surface area (Å²) in [5, 5.41) is 11.6. The number of ether oxygens (including phenoxy) is 1. The number of carbonyl (C=O) groups excluding carboxylic acids is 1. The van der Waals surface area contributed by atoms with E-state index in [1.807, 2.05) is 87.8 Å². The van der Waals surface area contributed by atoms with Gasteiger partial charge in [-0.15, -0.1) is 0 Å². The second-order valence-corrected chi connectivity index (χ2v) is 8.25. The van der Waals surface area contributed by atoms with E-state index in [9.17, 15) is 4.79 Å². The molecule has 1 N–H and O–H groups in total. The van der Waals surface area contributed by atoms with Gasteiger partial charge in [0, 0.05) is 0 Å². The molecular formula is C26H28N4O3. The molecule has 0 aliphatic rings. The molecule has 0 atom stereocenters. The first kappa shape index (κ1) is 22.3. The third-order valence-corrected chi connectivity index (χ3v) is 5.69. The molecule has 1 amide bonds. The van der Waals surface area contributed by atoms with Crippen molar-refractivity contribution in [1.29, 1.82) is 0 Å². The van der Waals surface area contributed by atoms with E-state index in [1.54, 1.807) is 0 Å². The third kappa shape index (κ3) is 4.98. The van der Waals surface area contributed by atoms with Gasteiger partial charge >= 0.3 is 0 Å². The molecule has 0 radical (unpaired) electrons. The quantitative estimate of drug-likeness (QED) is 0.426. The molecule has 0 fully saturated rings. The van der Waals surface area contributed by atoms with E-state index in [-0.39, 0.29) is 12.3 Å². The number of hydrogen-bond acceptors (Lipinski definition) is 5. The molecule has 0 aliphatic carbocycles. The average Bonchev–Trinajstić information content (AvgIpc) is 3.26. The van der Waals surface area contributed by atoms with Crippen molar-refractivity contribution in [3.63, 3.8) is 0 Å². The predicted octanol–water partition coefficient (Wildman–Crippen LogP) is 5.16. The van der Waals surface area contributed by atoms with Crippen LogP contribution < -0.4 is 10.1 Å². The van der Waals surface area contributed by atoms with Crippen LogP contribution in [0.2, 0.25) is 0 Å². The van der Waals surface area contributed by atoms with Crippen LogP contribution >= 0.6 is 0 Å². The lowest BCUT2D eigenvalue weighted by atomic mass is 10.1. The van der Waals surface area contributed by atoms with Crippen LogP contribution in [0, 0.1) is 34.6 Å². The van der Waals surface area contributed by atoms with E-state index in [0.717, 1.165) is 51.1 Å². The number of nitrogens with one attached hydrogen (secondary N) is 1. The number of hydrogen-bond donors (Lipinski definition) is 1. The summed E-state index contributed by atoms with van der Waals surface area (Å²) in [4.78, 5) is 12.7. The summed E-state index contributed by atoms with van der Waals surface area (Å²) in [6, 6.07) is 15.7. The number of carbonyl (C=O) groups is 1. The Balaban J connectivity index is 1.38. The molecule has 0 saturated carbocycles. The number of aromatic nitrogens is 3. The molecule has 0 spiro atoms. The van der Waals surface area contributed by atoms with E-state index >= 15 is 0 Å². The first-order valence-corrected chi connectivity index (χ1v) is 10.9. The number of aryl methyl sites for hydroxylation is 4. The van der Waals surface area contributed by atoms with Crippen molar-refractivity contribution >= 4 is 11.6 Å². The number of rotatable bonds is 7. The Hall–Kier alpha value is -3.87. The van der Waals surface area contributed by atoms with Crippen molar-refractivity contribution < 1.29 is 14.1 Å². The van der Waals surface area contributed by atoms with Gasteiger partial charge < -0.3 is 14.6 Å². The van der Waals surface area contributed by atoms with Gasteiger partial charge in [0.2, 0.25) is 5.91 Å². The van der Waals surface area contributed by atoms with Crippen molar-refractivity contribution in [2.75, 3.05) is 5.32 Å². The molecular weight excluding hydrogens is 416 g/mol. The maximum Gasteiger partial charge on any atom is 0.228 e. The number of anilines is 1. The monoisotopic (exact) mass is 444 g/mol. The van der Waals surface area contributed by atoms with Crippen molar-refractivity contribution in [2.45, 2.75) is 47.6 Å². The van der Waals surface area contributed by atoms with Crippen LogP contribution in [0.5, 0.6) is 5.75 Å². The normalized spacial score (nSPS) is 10.9. The van der Waals surface area contributed by atoms with Crippen LogP contribution in [-0.2, 0) is 17.8 Å². The summed E-state index contributed by atoms with van der Waals surface area (Å²) >= 11 is 0. The SMILES string of the molecule is Cc1ccc(-n2nc(C)c(NC(=O)Cc3ccc(OCc4c(C)noc4C)cc3)c2C)cc1. The largest absolute Gasteiger partial charge is 0.489 e. The molecule has 7 nitrogen and oxygen atoms in total. The summed E-state index contributed by atoms with van der Waals surface area (Å²) in [7, 11) is 0. The Morgan fingerprint density at radius 2 is 1.67 bits per heavy atom. The van der Waals surface area contributed by atoms with Gasteiger partial charge in [0.15, 0.2) is 0 Å². The Morgan fingerprint density at radius 3 is 2.30 bits per heavy atom. The first-order valence-electron chi connectivity index (χ1n) is 10.9. The third-order valence-electron chi connectivity index (χ3n) is 5.69. The molecule has 2 heterocycles. The zero-order chi connectivity index (χ0) is 23.5. The Kier molecular flexibility index (Phi) is 6.31. The zero-order valence-corrected chi connectivity index (χ0v) is 19.6. The van der Waals surface area contributed by atoms with Crippen LogP contribution in [0.4, 0.5) is 5.69 Å². The molecule has 0 unspecified atom stereocenters. The van der Waals surface area contributed by atoms with Gasteiger partial charge in [-0.3, -0.25) is 4.79 Å². The number of nitrogens with zero attached hydrogens (tertiary/aromatic N) is 3. The molecule has 4 aromatic rings. The number of benzene rings is 2. The van der Waals surface area contributed by atoms with Crippen molar-refractivity contribution in [3.05, 3.63) is 88.1 Å². The fraction of sp³-hybridized carbons (Fsp3) is 0.269. The molecule has 0 aliphatic heterocycles. The van der Waals surface area contributed by atoms with Crippen LogP contribution in [0.15, 0.2) is 53.1 Å². The highest BCUT2D eigenvalue weighted by molar-refractivity contribution is 5.93. The van der Waals surface area contributed by atoms with Gasteiger partial charge in [0.1, 0.15) is 18.1 Å². The summed E-state index contributed by atoms with van der Waals surface area (Å²) in [5.74, 6) is 1.40. The minimum absolute atomic E-state index is 0.0888. The second kappa shape index (κ2) is 9.32. The van der Waals surface area contributed by atoms with Crippen LogP contribution in [0.1, 0.15) is 39.5 Å². The summed E-state index contributed by atoms with van der Waals surface area (Å²) in [6.45, 7) is 10.1. The zero-order valence-electron chi connectivity index (χ0n) is 19.6. The maximum absolute atomic E-state index is 12.7. The lowest BCUT2D eigenvalue weighted by molar-refractivity contribution is -0.115. The summed E-state index contributed by atoms with van der Waals surface area (Å²) in [6.07, 6.45) is 0.263. The number of amides is 1. The van der Waals surface area contributed by atoms with E-state index in [0.29, 0.717) is 6.61 Å². The second-order valence-electron chi connectivity index (χ2n) is 8.25. The molecule has 2 aromatic heterocycles. The fourth-order valence-electron chi connectivity index (χ4n) is 3.70. The van der Waals surface area contributed by atoms with Gasteiger partial charge in [-0.1, -0.05) is 35.0 Å².